The third-order valence-corrected chi connectivity index (χ3v) is 5.96. The maximum atomic E-state index is 11.5. The predicted octanol–water partition coefficient (Wildman–Crippen LogP) is 2.70. The number of sulfonamides is 1. The Labute approximate surface area is 174 Å². The lowest BCUT2D eigenvalue weighted by Crippen LogP contribution is -2.41. The van der Waals surface area contributed by atoms with Crippen molar-refractivity contribution in [2.24, 2.45) is 4.99 Å². The summed E-state index contributed by atoms with van der Waals surface area (Å²) in [5.41, 5.74) is 2.56. The van der Waals surface area contributed by atoms with E-state index >= 15 is 0 Å². The summed E-state index contributed by atoms with van der Waals surface area (Å²) in [6.07, 6.45) is 0.882. The van der Waals surface area contributed by atoms with Gasteiger partial charge >= 0.3 is 0 Å². The maximum Gasteiger partial charge on any atom is 0.211 e. The van der Waals surface area contributed by atoms with Gasteiger partial charge in [-0.3, -0.25) is 4.99 Å². The highest BCUT2D eigenvalue weighted by molar-refractivity contribution is 7.89. The van der Waals surface area contributed by atoms with Crippen molar-refractivity contribution in [3.8, 4) is 0 Å². The molecule has 6 nitrogen and oxygen atoms in total. The Kier molecular flexibility index (Phi) is 9.67. The van der Waals surface area contributed by atoms with Crippen LogP contribution >= 0.6 is 0 Å². The number of hydrogen-bond acceptors (Lipinski definition) is 3. The molecule has 2 aromatic carbocycles. The summed E-state index contributed by atoms with van der Waals surface area (Å²) in [6, 6.07) is 21.0. The summed E-state index contributed by atoms with van der Waals surface area (Å²) in [7, 11) is -3.17. The molecule has 0 atom stereocenters. The van der Waals surface area contributed by atoms with Crippen LogP contribution in [0, 0.1) is 0 Å². The Balaban J connectivity index is 1.97. The zero-order valence-electron chi connectivity index (χ0n) is 17.3. The van der Waals surface area contributed by atoms with Crippen LogP contribution in [-0.4, -0.2) is 46.3 Å². The molecular formula is C22H32N4O2S. The monoisotopic (exact) mass is 416 g/mol. The molecule has 0 saturated carbocycles. The van der Waals surface area contributed by atoms with Gasteiger partial charge in [-0.2, -0.15) is 0 Å². The van der Waals surface area contributed by atoms with E-state index in [0.717, 1.165) is 13.0 Å². The highest BCUT2D eigenvalue weighted by Gasteiger charge is 2.13. The van der Waals surface area contributed by atoms with Crippen LogP contribution < -0.4 is 15.4 Å². The summed E-state index contributed by atoms with van der Waals surface area (Å²) < 4.78 is 25.6. The van der Waals surface area contributed by atoms with E-state index in [4.69, 9.17) is 0 Å². The predicted molar refractivity (Wildman–Crippen MR) is 121 cm³/mol. The van der Waals surface area contributed by atoms with Crippen LogP contribution in [0.4, 0.5) is 0 Å². The van der Waals surface area contributed by atoms with Gasteiger partial charge in [-0.1, -0.05) is 60.7 Å². The second-order valence-electron chi connectivity index (χ2n) is 6.65. The van der Waals surface area contributed by atoms with Gasteiger partial charge in [0.15, 0.2) is 5.96 Å². The molecule has 0 radical (unpaired) electrons. The molecule has 0 fully saturated rings. The summed E-state index contributed by atoms with van der Waals surface area (Å²) in [6.45, 7) is 5.84. The molecule has 0 aliphatic carbocycles. The van der Waals surface area contributed by atoms with Crippen LogP contribution in [0.15, 0.2) is 65.7 Å². The topological polar surface area (TPSA) is 82.6 Å². The van der Waals surface area contributed by atoms with Gasteiger partial charge in [-0.15, -0.1) is 0 Å². The van der Waals surface area contributed by atoms with Crippen molar-refractivity contribution in [2.45, 2.75) is 26.2 Å². The summed E-state index contributed by atoms with van der Waals surface area (Å²) in [5, 5.41) is 6.39. The lowest BCUT2D eigenvalue weighted by atomic mass is 9.89. The molecule has 0 amide bonds. The number of guanidine groups is 1. The Morgan fingerprint density at radius 1 is 0.897 bits per heavy atom. The van der Waals surface area contributed by atoms with E-state index < -0.39 is 10.0 Å². The Bertz CT molecular complexity index is 800. The van der Waals surface area contributed by atoms with Crippen molar-refractivity contribution in [3.63, 3.8) is 0 Å². The Morgan fingerprint density at radius 3 is 2.00 bits per heavy atom. The lowest BCUT2D eigenvalue weighted by Gasteiger charge is -2.18. The maximum absolute atomic E-state index is 11.5. The minimum absolute atomic E-state index is 0.0848. The smallest absolute Gasteiger partial charge is 0.211 e. The van der Waals surface area contributed by atoms with E-state index in [2.05, 4.69) is 68.9 Å². The molecule has 3 N–H and O–H groups in total. The molecule has 7 heteroatoms. The van der Waals surface area contributed by atoms with Crippen molar-refractivity contribution in [3.05, 3.63) is 71.8 Å². The van der Waals surface area contributed by atoms with Gasteiger partial charge in [0, 0.05) is 32.1 Å². The summed E-state index contributed by atoms with van der Waals surface area (Å²) in [5.74, 6) is 1.06. The minimum atomic E-state index is -3.17. The van der Waals surface area contributed by atoms with Crippen LogP contribution in [0.2, 0.25) is 0 Å². The number of nitrogens with one attached hydrogen (secondary N) is 3. The summed E-state index contributed by atoms with van der Waals surface area (Å²) >= 11 is 0. The quantitative estimate of drug-likeness (QED) is 0.299. The Hall–Kier alpha value is -2.38. The van der Waals surface area contributed by atoms with Gasteiger partial charge in [0.05, 0.1) is 5.75 Å². The summed E-state index contributed by atoms with van der Waals surface area (Å²) in [4.78, 5) is 4.68. The van der Waals surface area contributed by atoms with Crippen molar-refractivity contribution in [1.82, 2.24) is 15.4 Å². The molecular weight excluding hydrogens is 384 g/mol. The van der Waals surface area contributed by atoms with E-state index in [-0.39, 0.29) is 11.7 Å². The number of benzene rings is 2. The standard InChI is InChI=1S/C22H32N4O2S/c1-3-23-22(25-17-18-26-29(27,28)4-2)24-16-15-21(19-11-7-5-8-12-19)20-13-9-6-10-14-20/h5-14,21,26H,3-4,15-18H2,1-2H3,(H2,23,24,25). The minimum Gasteiger partial charge on any atom is -0.357 e. The van der Waals surface area contributed by atoms with E-state index in [1.807, 2.05) is 19.1 Å². The van der Waals surface area contributed by atoms with E-state index in [0.29, 0.717) is 25.6 Å². The van der Waals surface area contributed by atoms with Gasteiger partial charge in [0.2, 0.25) is 10.0 Å². The van der Waals surface area contributed by atoms with Crippen molar-refractivity contribution in [1.29, 1.82) is 0 Å². The third-order valence-electron chi connectivity index (χ3n) is 4.56. The van der Waals surface area contributed by atoms with Gasteiger partial charge in [0.25, 0.3) is 0 Å². The highest BCUT2D eigenvalue weighted by Crippen LogP contribution is 2.27. The van der Waals surface area contributed by atoms with Crippen molar-refractivity contribution < 1.29 is 8.42 Å². The van der Waals surface area contributed by atoms with Crippen LogP contribution in [0.25, 0.3) is 0 Å². The molecule has 0 aliphatic heterocycles. The van der Waals surface area contributed by atoms with E-state index in [1.54, 1.807) is 6.92 Å². The number of nitrogens with zero attached hydrogens (tertiary/aromatic N) is 1. The first-order chi connectivity index (χ1) is 14.1. The van der Waals surface area contributed by atoms with Gasteiger partial charge in [-0.25, -0.2) is 13.1 Å². The highest BCUT2D eigenvalue weighted by atomic mass is 32.2. The first-order valence-electron chi connectivity index (χ1n) is 10.1. The Morgan fingerprint density at radius 2 is 1.48 bits per heavy atom. The molecule has 0 unspecified atom stereocenters. The molecule has 0 saturated heterocycles. The zero-order chi connectivity index (χ0) is 21.0. The average Bonchev–Trinajstić information content (AvgIpc) is 2.75. The van der Waals surface area contributed by atoms with Crippen LogP contribution in [0.1, 0.15) is 37.3 Å². The fraction of sp³-hybridized carbons (Fsp3) is 0.409. The molecule has 2 rings (SSSR count). The van der Waals surface area contributed by atoms with Crippen molar-refractivity contribution >= 4 is 16.0 Å². The van der Waals surface area contributed by atoms with E-state index in [1.165, 1.54) is 11.1 Å². The van der Waals surface area contributed by atoms with E-state index in [9.17, 15) is 8.42 Å². The van der Waals surface area contributed by atoms with Crippen LogP contribution in [-0.2, 0) is 10.0 Å². The van der Waals surface area contributed by atoms with Crippen molar-refractivity contribution in [2.75, 3.05) is 31.9 Å². The molecule has 0 spiro atoms. The molecule has 0 heterocycles. The number of aliphatic imine (C=N–C) groups is 1. The molecule has 0 aliphatic rings. The molecule has 0 aromatic heterocycles. The van der Waals surface area contributed by atoms with Gasteiger partial charge in [-0.05, 0) is 31.4 Å². The number of rotatable bonds is 11. The number of hydrogen-bond donors (Lipinski definition) is 3. The molecule has 29 heavy (non-hydrogen) atoms. The molecule has 158 valence electrons. The first-order valence-corrected chi connectivity index (χ1v) is 11.8. The zero-order valence-corrected chi connectivity index (χ0v) is 18.1. The average molecular weight is 417 g/mol. The first kappa shape index (κ1) is 22.9. The second-order valence-corrected chi connectivity index (χ2v) is 8.74. The third kappa shape index (κ3) is 8.25. The fourth-order valence-electron chi connectivity index (χ4n) is 3.03. The largest absolute Gasteiger partial charge is 0.357 e. The van der Waals surface area contributed by atoms with Gasteiger partial charge in [0.1, 0.15) is 0 Å². The fourth-order valence-corrected chi connectivity index (χ4v) is 3.65. The molecule has 2 aromatic rings. The lowest BCUT2D eigenvalue weighted by molar-refractivity contribution is 0.581. The van der Waals surface area contributed by atoms with Crippen LogP contribution in [0.5, 0.6) is 0 Å². The SMILES string of the molecule is CCNC(=NCCC(c1ccccc1)c1ccccc1)NCCNS(=O)(=O)CC. The normalized spacial score (nSPS) is 12.2. The second kappa shape index (κ2) is 12.2. The molecule has 0 bridgehead atoms. The van der Waals surface area contributed by atoms with Crippen LogP contribution in [0.3, 0.4) is 0 Å². The van der Waals surface area contributed by atoms with Gasteiger partial charge < -0.3 is 10.6 Å².